The van der Waals surface area contributed by atoms with Crippen molar-refractivity contribution >= 4 is 11.9 Å². The van der Waals surface area contributed by atoms with Gasteiger partial charge in [0.25, 0.3) is 0 Å². The minimum absolute atomic E-state index is 0.0387. The fourth-order valence-electron chi connectivity index (χ4n) is 6.05. The van der Waals surface area contributed by atoms with E-state index in [1.165, 1.54) is 0 Å². The van der Waals surface area contributed by atoms with Gasteiger partial charge < -0.3 is 40.1 Å². The first-order valence-electron chi connectivity index (χ1n) is 16.4. The van der Waals surface area contributed by atoms with Crippen LogP contribution in [0.1, 0.15) is 66.1 Å². The molecule has 1 saturated heterocycles. The number of likely N-dealkylation sites (N-methyl/N-ethyl adjacent to an activating group) is 1. The van der Waals surface area contributed by atoms with Crippen molar-refractivity contribution in [2.75, 3.05) is 20.1 Å². The Hall–Kier alpha value is -4.58. The number of aliphatic hydroxyl groups excluding tert-OH is 2. The number of carbonyl (C=O) groups is 2. The second-order valence-electron chi connectivity index (χ2n) is 12.6. The van der Waals surface area contributed by atoms with Crippen LogP contribution in [0.2, 0.25) is 0 Å². The molecular formula is C39H44N2O8. The van der Waals surface area contributed by atoms with E-state index in [1.54, 1.807) is 24.3 Å². The first kappa shape index (κ1) is 35.7. The van der Waals surface area contributed by atoms with Gasteiger partial charge in [-0.2, -0.15) is 0 Å². The molecule has 1 aliphatic rings. The zero-order valence-corrected chi connectivity index (χ0v) is 27.7. The molecule has 10 heteroatoms. The molecule has 49 heavy (non-hydrogen) atoms. The van der Waals surface area contributed by atoms with Crippen LogP contribution >= 0.6 is 0 Å². The number of benzene rings is 4. The molecule has 0 spiro atoms. The van der Waals surface area contributed by atoms with Gasteiger partial charge in [-0.25, -0.2) is 0 Å². The number of hydrogen-bond acceptors (Lipinski definition) is 8. The average Bonchev–Trinajstić information content (AvgIpc) is 3.11. The summed E-state index contributed by atoms with van der Waals surface area (Å²) in [5, 5.41) is 41.9. The summed E-state index contributed by atoms with van der Waals surface area (Å²) in [6.07, 6.45) is -2.25. The fraction of sp³-hybridized carbons (Fsp3) is 0.333. The summed E-state index contributed by atoms with van der Waals surface area (Å²) in [6, 6.07) is 30.2. The van der Waals surface area contributed by atoms with Crippen LogP contribution in [0.3, 0.4) is 0 Å². The molecule has 0 aliphatic carbocycles. The number of carboxylic acid groups (broad SMARTS) is 1. The molecule has 4 aromatic carbocycles. The molecule has 5 N–H and O–H groups in total. The van der Waals surface area contributed by atoms with Crippen LogP contribution in [-0.4, -0.2) is 63.4 Å². The Morgan fingerprint density at radius 2 is 1.57 bits per heavy atom. The Balaban J connectivity index is 1.31. The summed E-state index contributed by atoms with van der Waals surface area (Å²) >= 11 is 0. The lowest BCUT2D eigenvalue weighted by Gasteiger charge is -2.42. The van der Waals surface area contributed by atoms with Crippen molar-refractivity contribution in [3.05, 3.63) is 125 Å². The van der Waals surface area contributed by atoms with Crippen LogP contribution in [0.15, 0.2) is 97.1 Å². The quantitative estimate of drug-likeness (QED) is 0.118. The summed E-state index contributed by atoms with van der Waals surface area (Å²) in [4.78, 5) is 24.8. The number of amides is 1. The molecular weight excluding hydrogens is 624 g/mol. The molecule has 0 saturated carbocycles. The van der Waals surface area contributed by atoms with Crippen molar-refractivity contribution in [2.45, 2.75) is 57.5 Å². The number of aromatic hydroxyl groups is 1. The van der Waals surface area contributed by atoms with E-state index in [9.17, 15) is 24.9 Å². The van der Waals surface area contributed by atoms with Crippen LogP contribution in [0.25, 0.3) is 11.1 Å². The number of carbonyl (C=O) groups excluding carboxylic acids is 1. The van der Waals surface area contributed by atoms with Gasteiger partial charge in [-0.15, -0.1) is 0 Å². The monoisotopic (exact) mass is 668 g/mol. The van der Waals surface area contributed by atoms with E-state index >= 15 is 0 Å². The Labute approximate surface area is 286 Å². The van der Waals surface area contributed by atoms with Gasteiger partial charge in [0.2, 0.25) is 5.91 Å². The Morgan fingerprint density at radius 1 is 0.857 bits per heavy atom. The second-order valence-corrected chi connectivity index (χ2v) is 12.6. The maximum absolute atomic E-state index is 12.0. The van der Waals surface area contributed by atoms with E-state index in [0.717, 1.165) is 33.4 Å². The molecule has 0 bridgehead atoms. The summed E-state index contributed by atoms with van der Waals surface area (Å²) in [5.41, 5.74) is 6.12. The van der Waals surface area contributed by atoms with E-state index in [-0.39, 0.29) is 49.2 Å². The molecule has 1 aliphatic heterocycles. The number of nitrogens with zero attached hydrogens (tertiary/aromatic N) is 1. The molecule has 5 rings (SSSR count). The third-order valence-corrected chi connectivity index (χ3v) is 8.85. The SMILES string of the molecule is C[C@@H]1[C@H](CN(C)C[C@@H](O)c2cccc(O)c2)O[C@H](c2ccc(-c3cccc(CNC(=O)CCC(=O)O)c3)cc2)O[C@@H]1c1ccc(CO)cc1. The van der Waals surface area contributed by atoms with Gasteiger partial charge in [-0.1, -0.05) is 85.8 Å². The highest BCUT2D eigenvalue weighted by Gasteiger charge is 2.39. The summed E-state index contributed by atoms with van der Waals surface area (Å²) in [6.45, 7) is 3.22. The first-order chi connectivity index (χ1) is 23.6. The van der Waals surface area contributed by atoms with Crippen molar-refractivity contribution in [3.8, 4) is 16.9 Å². The number of nitrogens with one attached hydrogen (secondary N) is 1. The van der Waals surface area contributed by atoms with Gasteiger partial charge in [-0.3, -0.25) is 9.59 Å². The number of ether oxygens (including phenoxy) is 2. The number of carboxylic acids is 1. The van der Waals surface area contributed by atoms with Crippen molar-refractivity contribution in [1.82, 2.24) is 10.2 Å². The molecule has 1 amide bonds. The van der Waals surface area contributed by atoms with Gasteiger partial charge in [0.05, 0.1) is 31.3 Å². The Kier molecular flexibility index (Phi) is 12.2. The van der Waals surface area contributed by atoms with Crippen LogP contribution in [0, 0.1) is 5.92 Å². The van der Waals surface area contributed by atoms with Crippen molar-refractivity contribution in [2.24, 2.45) is 5.92 Å². The zero-order valence-electron chi connectivity index (χ0n) is 27.7. The molecule has 1 fully saturated rings. The minimum atomic E-state index is -1.00. The van der Waals surface area contributed by atoms with Crippen LogP contribution in [0.4, 0.5) is 0 Å². The van der Waals surface area contributed by atoms with Crippen LogP contribution in [0.5, 0.6) is 5.75 Å². The Bertz CT molecular complexity index is 1690. The molecule has 5 atom stereocenters. The number of aliphatic carboxylic acids is 1. The lowest BCUT2D eigenvalue weighted by molar-refractivity contribution is -0.276. The summed E-state index contributed by atoms with van der Waals surface area (Å²) in [7, 11) is 1.93. The number of hydrogen-bond donors (Lipinski definition) is 5. The van der Waals surface area contributed by atoms with Crippen molar-refractivity contribution in [1.29, 1.82) is 0 Å². The third kappa shape index (κ3) is 9.75. The predicted octanol–water partition coefficient (Wildman–Crippen LogP) is 5.49. The minimum Gasteiger partial charge on any atom is -0.508 e. The molecule has 0 radical (unpaired) electrons. The molecule has 258 valence electrons. The fourth-order valence-corrected chi connectivity index (χ4v) is 6.05. The maximum atomic E-state index is 12.0. The van der Waals surface area contributed by atoms with Crippen molar-refractivity contribution < 1.29 is 39.5 Å². The van der Waals surface area contributed by atoms with Crippen LogP contribution in [-0.2, 0) is 32.2 Å². The molecule has 4 aromatic rings. The van der Waals surface area contributed by atoms with E-state index in [0.29, 0.717) is 25.2 Å². The van der Waals surface area contributed by atoms with E-state index in [2.05, 4.69) is 12.2 Å². The first-order valence-corrected chi connectivity index (χ1v) is 16.4. The second kappa shape index (κ2) is 16.7. The smallest absolute Gasteiger partial charge is 0.303 e. The van der Waals surface area contributed by atoms with Gasteiger partial charge in [0.1, 0.15) is 5.75 Å². The molecule has 0 unspecified atom stereocenters. The lowest BCUT2D eigenvalue weighted by Crippen LogP contribution is -2.44. The normalized spacial score (nSPS) is 19.8. The number of phenolic OH excluding ortho intramolecular Hbond substituents is 1. The molecule has 10 nitrogen and oxygen atoms in total. The highest BCUT2D eigenvalue weighted by molar-refractivity contribution is 5.80. The zero-order chi connectivity index (χ0) is 34.9. The summed E-state index contributed by atoms with van der Waals surface area (Å²) < 4.78 is 13.2. The number of aliphatic hydroxyl groups is 2. The summed E-state index contributed by atoms with van der Waals surface area (Å²) in [5.74, 6) is -1.24. The maximum Gasteiger partial charge on any atom is 0.303 e. The molecule has 1 heterocycles. The molecule has 0 aromatic heterocycles. The van der Waals surface area contributed by atoms with Gasteiger partial charge >= 0.3 is 5.97 Å². The third-order valence-electron chi connectivity index (χ3n) is 8.85. The average molecular weight is 669 g/mol. The van der Waals surface area contributed by atoms with Gasteiger partial charge in [0.15, 0.2) is 6.29 Å². The highest BCUT2D eigenvalue weighted by atomic mass is 16.7. The number of phenols is 1. The van der Waals surface area contributed by atoms with E-state index < -0.39 is 18.4 Å². The van der Waals surface area contributed by atoms with E-state index in [4.69, 9.17) is 14.6 Å². The highest BCUT2D eigenvalue weighted by Crippen LogP contribution is 2.42. The lowest BCUT2D eigenvalue weighted by atomic mass is 9.90. The predicted molar refractivity (Wildman–Crippen MR) is 184 cm³/mol. The topological polar surface area (TPSA) is 149 Å². The standard InChI is InChI=1S/C39H44N2O8/c1-25-35(23-41(2)22-34(44)32-7-4-8-33(43)20-32)48-39(49-38(25)29-11-9-26(24-42)10-12-29)30-15-13-28(14-16-30)31-6-3-5-27(19-31)21-40-36(45)17-18-37(46)47/h3-16,19-20,25,34-35,38-39,42-44H,17-18,21-24H2,1-2H3,(H,40,45)(H,46,47)/t25-,34-,35+,38+,39+/m1/s1. The van der Waals surface area contributed by atoms with Crippen molar-refractivity contribution in [3.63, 3.8) is 0 Å². The van der Waals surface area contributed by atoms with Gasteiger partial charge in [0, 0.05) is 37.5 Å². The Morgan fingerprint density at radius 3 is 2.27 bits per heavy atom. The number of rotatable bonds is 14. The van der Waals surface area contributed by atoms with Gasteiger partial charge in [-0.05, 0) is 58.6 Å². The largest absolute Gasteiger partial charge is 0.508 e. The van der Waals surface area contributed by atoms with Crippen LogP contribution < -0.4 is 5.32 Å². The van der Waals surface area contributed by atoms with E-state index in [1.807, 2.05) is 84.7 Å².